The molecule has 2 rings (SSSR count). The van der Waals surface area contributed by atoms with Crippen LogP contribution in [0.4, 0.5) is 10.1 Å². The Kier molecular flexibility index (Phi) is 3.74. The van der Waals surface area contributed by atoms with E-state index in [1.807, 2.05) is 25.1 Å². The number of nitrogens with zero attached hydrogens (tertiary/aromatic N) is 1. The zero-order valence-electron chi connectivity index (χ0n) is 9.37. The van der Waals surface area contributed by atoms with E-state index in [9.17, 15) is 4.39 Å². The van der Waals surface area contributed by atoms with E-state index < -0.39 is 0 Å². The van der Waals surface area contributed by atoms with Gasteiger partial charge >= 0.3 is 0 Å². The third-order valence-corrected chi connectivity index (χ3v) is 2.99. The third kappa shape index (κ3) is 3.27. The summed E-state index contributed by atoms with van der Waals surface area (Å²) in [7, 11) is 0. The minimum atomic E-state index is -0.254. The molecule has 0 saturated carbocycles. The summed E-state index contributed by atoms with van der Waals surface area (Å²) in [5, 5.41) is 3.21. The Morgan fingerprint density at radius 3 is 2.82 bits per heavy atom. The average molecular weight is 295 g/mol. The molecule has 1 aromatic carbocycles. The van der Waals surface area contributed by atoms with Crippen LogP contribution in [-0.4, -0.2) is 4.98 Å². The summed E-state index contributed by atoms with van der Waals surface area (Å²) in [4.78, 5) is 4.38. The van der Waals surface area contributed by atoms with Crippen molar-refractivity contribution in [3.63, 3.8) is 0 Å². The van der Waals surface area contributed by atoms with Crippen LogP contribution in [-0.2, 0) is 6.54 Å². The number of hydrogen-bond acceptors (Lipinski definition) is 2. The van der Waals surface area contributed by atoms with Crippen LogP contribution in [0.5, 0.6) is 0 Å². The fourth-order valence-corrected chi connectivity index (χ4v) is 2.01. The molecule has 0 spiro atoms. The van der Waals surface area contributed by atoms with Crippen LogP contribution in [0.2, 0.25) is 0 Å². The van der Waals surface area contributed by atoms with Crippen LogP contribution >= 0.6 is 15.9 Å². The van der Waals surface area contributed by atoms with Gasteiger partial charge in [-0.15, -0.1) is 0 Å². The molecule has 88 valence electrons. The van der Waals surface area contributed by atoms with Crippen molar-refractivity contribution in [2.45, 2.75) is 13.5 Å². The lowest BCUT2D eigenvalue weighted by Crippen LogP contribution is -2.02. The first kappa shape index (κ1) is 12.0. The molecule has 2 nitrogen and oxygen atoms in total. The molecule has 2 aromatic rings. The maximum Gasteiger partial charge on any atom is 0.124 e. The maximum absolute atomic E-state index is 12.9. The molecule has 0 aliphatic rings. The van der Waals surface area contributed by atoms with Crippen LogP contribution in [0.1, 0.15) is 11.4 Å². The van der Waals surface area contributed by atoms with Crippen molar-refractivity contribution in [3.05, 3.63) is 58.1 Å². The number of anilines is 1. The van der Waals surface area contributed by atoms with Crippen LogP contribution in [0.25, 0.3) is 0 Å². The van der Waals surface area contributed by atoms with Crippen LogP contribution in [0.3, 0.4) is 0 Å². The Balaban J connectivity index is 2.07. The molecular weight excluding hydrogens is 283 g/mol. The Labute approximate surface area is 108 Å². The Hall–Kier alpha value is -1.42. The van der Waals surface area contributed by atoms with E-state index in [0.717, 1.165) is 17.1 Å². The second-order valence-electron chi connectivity index (χ2n) is 3.75. The first-order chi connectivity index (χ1) is 8.15. The molecule has 0 fully saturated rings. The van der Waals surface area contributed by atoms with Crippen molar-refractivity contribution in [1.82, 2.24) is 4.98 Å². The lowest BCUT2D eigenvalue weighted by Gasteiger charge is -2.08. The van der Waals surface area contributed by atoms with Gasteiger partial charge in [-0.1, -0.05) is 6.07 Å². The summed E-state index contributed by atoms with van der Waals surface area (Å²) in [6.07, 6.45) is 0. The third-order valence-electron chi connectivity index (χ3n) is 2.34. The number of pyridine rings is 1. The summed E-state index contributed by atoms with van der Waals surface area (Å²) < 4.78 is 13.6. The SMILES string of the molecule is Cc1cccc(CNc2ccc(F)cc2Br)n1. The standard InChI is InChI=1S/C13H12BrFN2/c1-9-3-2-4-11(17-9)8-16-13-6-5-10(15)7-12(13)14/h2-7,16H,8H2,1H3. The monoisotopic (exact) mass is 294 g/mol. The van der Waals surface area contributed by atoms with Crippen molar-refractivity contribution < 1.29 is 4.39 Å². The number of halogens is 2. The topological polar surface area (TPSA) is 24.9 Å². The van der Waals surface area contributed by atoms with Crippen molar-refractivity contribution in [1.29, 1.82) is 0 Å². The van der Waals surface area contributed by atoms with Gasteiger partial charge in [0.25, 0.3) is 0 Å². The summed E-state index contributed by atoms with van der Waals surface area (Å²) in [5.74, 6) is -0.254. The van der Waals surface area contributed by atoms with Crippen LogP contribution in [0.15, 0.2) is 40.9 Å². The zero-order chi connectivity index (χ0) is 12.3. The molecular formula is C13H12BrFN2. The highest BCUT2D eigenvalue weighted by molar-refractivity contribution is 9.10. The highest BCUT2D eigenvalue weighted by Crippen LogP contribution is 2.23. The molecule has 1 N–H and O–H groups in total. The Bertz CT molecular complexity index is 529. The van der Waals surface area contributed by atoms with Crippen LogP contribution < -0.4 is 5.32 Å². The van der Waals surface area contributed by atoms with E-state index in [1.165, 1.54) is 12.1 Å². The quantitative estimate of drug-likeness (QED) is 0.928. The highest BCUT2D eigenvalue weighted by Gasteiger charge is 2.01. The molecule has 0 atom stereocenters. The molecule has 17 heavy (non-hydrogen) atoms. The summed E-state index contributed by atoms with van der Waals surface area (Å²) >= 11 is 3.31. The fraction of sp³-hybridized carbons (Fsp3) is 0.154. The van der Waals surface area contributed by atoms with E-state index in [0.29, 0.717) is 11.0 Å². The van der Waals surface area contributed by atoms with E-state index >= 15 is 0 Å². The average Bonchev–Trinajstić information content (AvgIpc) is 2.28. The van der Waals surface area contributed by atoms with Crippen molar-refractivity contribution in [3.8, 4) is 0 Å². The molecule has 0 bridgehead atoms. The van der Waals surface area contributed by atoms with E-state index in [1.54, 1.807) is 6.07 Å². The summed E-state index contributed by atoms with van der Waals surface area (Å²) in [5.41, 5.74) is 2.80. The minimum absolute atomic E-state index is 0.254. The number of rotatable bonds is 3. The first-order valence-electron chi connectivity index (χ1n) is 5.26. The number of aromatic nitrogens is 1. The molecule has 0 aliphatic carbocycles. The Morgan fingerprint density at radius 1 is 1.29 bits per heavy atom. The molecule has 0 radical (unpaired) electrons. The molecule has 1 heterocycles. The first-order valence-corrected chi connectivity index (χ1v) is 6.06. The molecule has 0 saturated heterocycles. The second-order valence-corrected chi connectivity index (χ2v) is 4.60. The van der Waals surface area contributed by atoms with Gasteiger partial charge in [0.05, 0.1) is 12.2 Å². The largest absolute Gasteiger partial charge is 0.378 e. The van der Waals surface area contributed by atoms with Crippen molar-refractivity contribution >= 4 is 21.6 Å². The number of benzene rings is 1. The second kappa shape index (κ2) is 5.27. The fourth-order valence-electron chi connectivity index (χ4n) is 1.52. The molecule has 4 heteroatoms. The smallest absolute Gasteiger partial charge is 0.124 e. The predicted molar refractivity (Wildman–Crippen MR) is 70.4 cm³/mol. The van der Waals surface area contributed by atoms with Gasteiger partial charge in [0, 0.05) is 15.9 Å². The minimum Gasteiger partial charge on any atom is -0.378 e. The predicted octanol–water partition coefficient (Wildman–Crippen LogP) is 3.90. The maximum atomic E-state index is 12.9. The zero-order valence-corrected chi connectivity index (χ0v) is 11.0. The van der Waals surface area contributed by atoms with Gasteiger partial charge in [0.15, 0.2) is 0 Å². The summed E-state index contributed by atoms with van der Waals surface area (Å²) in [6.45, 7) is 2.57. The summed E-state index contributed by atoms with van der Waals surface area (Å²) in [6, 6.07) is 10.5. The van der Waals surface area contributed by atoms with Gasteiger partial charge in [0.2, 0.25) is 0 Å². The van der Waals surface area contributed by atoms with Crippen LogP contribution in [0, 0.1) is 12.7 Å². The number of hydrogen-bond donors (Lipinski definition) is 1. The molecule has 0 amide bonds. The van der Waals surface area contributed by atoms with Gasteiger partial charge in [0.1, 0.15) is 5.82 Å². The molecule has 0 aliphatic heterocycles. The van der Waals surface area contributed by atoms with Crippen molar-refractivity contribution in [2.75, 3.05) is 5.32 Å². The Morgan fingerprint density at radius 2 is 2.12 bits per heavy atom. The molecule has 0 unspecified atom stereocenters. The van der Waals surface area contributed by atoms with E-state index in [4.69, 9.17) is 0 Å². The normalized spacial score (nSPS) is 10.3. The van der Waals surface area contributed by atoms with Crippen molar-refractivity contribution in [2.24, 2.45) is 0 Å². The van der Waals surface area contributed by atoms with Gasteiger partial charge in [-0.05, 0) is 53.2 Å². The van der Waals surface area contributed by atoms with E-state index in [-0.39, 0.29) is 5.82 Å². The number of aryl methyl sites for hydroxylation is 1. The number of nitrogens with one attached hydrogen (secondary N) is 1. The van der Waals surface area contributed by atoms with Gasteiger partial charge in [-0.3, -0.25) is 4.98 Å². The highest BCUT2D eigenvalue weighted by atomic mass is 79.9. The molecule has 1 aromatic heterocycles. The van der Waals surface area contributed by atoms with Gasteiger partial charge in [-0.2, -0.15) is 0 Å². The lowest BCUT2D eigenvalue weighted by atomic mass is 10.3. The van der Waals surface area contributed by atoms with E-state index in [2.05, 4.69) is 26.2 Å². The van der Waals surface area contributed by atoms with Gasteiger partial charge < -0.3 is 5.32 Å². The lowest BCUT2D eigenvalue weighted by molar-refractivity contribution is 0.627. The van der Waals surface area contributed by atoms with Gasteiger partial charge in [-0.25, -0.2) is 4.39 Å².